The molecule has 0 aliphatic carbocycles. The first kappa shape index (κ1) is 13.9. The average Bonchev–Trinajstić information content (AvgIpc) is 2.37. The Morgan fingerprint density at radius 2 is 1.72 bits per heavy atom. The van der Waals surface area contributed by atoms with Crippen LogP contribution in [0.15, 0.2) is 24.3 Å². The van der Waals surface area contributed by atoms with Crippen molar-refractivity contribution in [2.24, 2.45) is 0 Å². The number of aliphatic carboxylic acids is 1. The molecular formula is C11H13NO6. The minimum Gasteiger partial charge on any atom is -0.497 e. The number of aliphatic hydroxyl groups excluding tert-OH is 2. The number of carbonyl (C=O) groups excluding carboxylic acids is 1. The fourth-order valence-corrected chi connectivity index (χ4v) is 1.17. The van der Waals surface area contributed by atoms with Crippen molar-refractivity contribution in [3.05, 3.63) is 24.3 Å². The van der Waals surface area contributed by atoms with Gasteiger partial charge in [-0.2, -0.15) is 0 Å². The van der Waals surface area contributed by atoms with Crippen LogP contribution in [0.1, 0.15) is 0 Å². The summed E-state index contributed by atoms with van der Waals surface area (Å²) in [7, 11) is 1.49. The molecule has 0 heterocycles. The summed E-state index contributed by atoms with van der Waals surface area (Å²) in [4.78, 5) is 21.8. The van der Waals surface area contributed by atoms with Gasteiger partial charge >= 0.3 is 5.97 Å². The molecule has 0 radical (unpaired) electrons. The number of aliphatic hydroxyl groups is 2. The van der Waals surface area contributed by atoms with Crippen LogP contribution < -0.4 is 10.1 Å². The highest BCUT2D eigenvalue weighted by Gasteiger charge is 2.29. The monoisotopic (exact) mass is 255 g/mol. The molecule has 1 amide bonds. The number of methoxy groups -OCH3 is 1. The number of carboxylic acids is 1. The summed E-state index contributed by atoms with van der Waals surface area (Å²) in [5.41, 5.74) is 0.345. The molecule has 1 rings (SSSR count). The van der Waals surface area contributed by atoms with E-state index >= 15 is 0 Å². The second kappa shape index (κ2) is 5.99. The summed E-state index contributed by atoms with van der Waals surface area (Å²) in [6.45, 7) is 0. The molecule has 7 nitrogen and oxygen atoms in total. The second-order valence-electron chi connectivity index (χ2n) is 3.45. The van der Waals surface area contributed by atoms with Gasteiger partial charge in [0, 0.05) is 5.69 Å². The molecule has 18 heavy (non-hydrogen) atoms. The van der Waals surface area contributed by atoms with Gasteiger partial charge in [-0.15, -0.1) is 0 Å². The first-order valence-electron chi connectivity index (χ1n) is 4.99. The van der Waals surface area contributed by atoms with Gasteiger partial charge in [0.2, 0.25) is 0 Å². The molecule has 98 valence electrons. The molecule has 0 saturated heterocycles. The van der Waals surface area contributed by atoms with Crippen LogP contribution >= 0.6 is 0 Å². The molecule has 0 aliphatic heterocycles. The Morgan fingerprint density at radius 3 is 2.17 bits per heavy atom. The molecule has 7 heteroatoms. The van der Waals surface area contributed by atoms with Gasteiger partial charge in [0.05, 0.1) is 7.11 Å². The van der Waals surface area contributed by atoms with E-state index < -0.39 is 24.1 Å². The zero-order valence-corrected chi connectivity index (χ0v) is 9.53. The Labute approximate surface area is 103 Å². The molecule has 0 fully saturated rings. The third-order valence-electron chi connectivity index (χ3n) is 2.18. The molecule has 0 aromatic heterocycles. The number of amides is 1. The summed E-state index contributed by atoms with van der Waals surface area (Å²) in [5.74, 6) is -2.10. The Kier molecular flexibility index (Phi) is 4.64. The molecule has 0 bridgehead atoms. The smallest absolute Gasteiger partial charge is 0.335 e. The lowest BCUT2D eigenvalue weighted by Gasteiger charge is -2.14. The van der Waals surface area contributed by atoms with Crippen molar-refractivity contribution in [3.63, 3.8) is 0 Å². The van der Waals surface area contributed by atoms with E-state index in [1.807, 2.05) is 0 Å². The number of carbonyl (C=O) groups is 2. The van der Waals surface area contributed by atoms with E-state index in [1.54, 1.807) is 12.1 Å². The van der Waals surface area contributed by atoms with Crippen LogP contribution in [-0.4, -0.2) is 46.5 Å². The number of carboxylic acid groups (broad SMARTS) is 1. The Hall–Kier alpha value is -2.12. The molecule has 1 aromatic rings. The summed E-state index contributed by atoms with van der Waals surface area (Å²) >= 11 is 0. The van der Waals surface area contributed by atoms with Gasteiger partial charge in [-0.1, -0.05) is 0 Å². The standard InChI is InChI=1S/C11H13NO6/c1-18-7-4-2-6(3-5-7)12-10(15)8(13)9(14)11(16)17/h2-5,8-9,13-14H,1H3,(H,12,15)(H,16,17)/t8-,9-/m1/s1. The molecular weight excluding hydrogens is 242 g/mol. The first-order valence-corrected chi connectivity index (χ1v) is 4.99. The van der Waals surface area contributed by atoms with Crippen LogP contribution in [0.4, 0.5) is 5.69 Å². The third-order valence-corrected chi connectivity index (χ3v) is 2.18. The topological polar surface area (TPSA) is 116 Å². The quantitative estimate of drug-likeness (QED) is 0.560. The Bertz CT molecular complexity index is 430. The number of hydrogen-bond acceptors (Lipinski definition) is 5. The van der Waals surface area contributed by atoms with Crippen molar-refractivity contribution in [1.29, 1.82) is 0 Å². The van der Waals surface area contributed by atoms with E-state index in [0.29, 0.717) is 11.4 Å². The highest BCUT2D eigenvalue weighted by Crippen LogP contribution is 2.15. The van der Waals surface area contributed by atoms with E-state index in [1.165, 1.54) is 19.2 Å². The molecule has 1 aromatic carbocycles. The van der Waals surface area contributed by atoms with Gasteiger partial charge in [0.25, 0.3) is 5.91 Å². The Balaban J connectivity index is 2.66. The molecule has 0 saturated carbocycles. The predicted octanol–water partition coefficient (Wildman–Crippen LogP) is -0.560. The van der Waals surface area contributed by atoms with Crippen LogP contribution in [0.2, 0.25) is 0 Å². The summed E-state index contributed by atoms with van der Waals surface area (Å²) in [6, 6.07) is 6.18. The van der Waals surface area contributed by atoms with Gasteiger partial charge in [-0.25, -0.2) is 4.79 Å². The number of benzene rings is 1. The average molecular weight is 255 g/mol. The third kappa shape index (κ3) is 3.44. The van der Waals surface area contributed by atoms with Gasteiger partial charge < -0.3 is 25.4 Å². The van der Waals surface area contributed by atoms with Crippen molar-refractivity contribution >= 4 is 17.6 Å². The van der Waals surface area contributed by atoms with Crippen molar-refractivity contribution in [2.45, 2.75) is 12.2 Å². The van der Waals surface area contributed by atoms with E-state index in [-0.39, 0.29) is 0 Å². The van der Waals surface area contributed by atoms with Gasteiger partial charge in [0.15, 0.2) is 12.2 Å². The highest BCUT2D eigenvalue weighted by atomic mass is 16.5. The fourth-order valence-electron chi connectivity index (χ4n) is 1.17. The van der Waals surface area contributed by atoms with Crippen LogP contribution in [0, 0.1) is 0 Å². The summed E-state index contributed by atoms with van der Waals surface area (Å²) < 4.78 is 4.91. The van der Waals surface area contributed by atoms with E-state index in [0.717, 1.165) is 0 Å². The fraction of sp³-hybridized carbons (Fsp3) is 0.273. The zero-order chi connectivity index (χ0) is 13.7. The Morgan fingerprint density at radius 1 is 1.17 bits per heavy atom. The number of anilines is 1. The van der Waals surface area contributed by atoms with Crippen molar-refractivity contribution < 1.29 is 29.6 Å². The molecule has 0 aliphatic rings. The SMILES string of the molecule is COc1ccc(NC(=O)[C@H](O)[C@@H](O)C(=O)O)cc1. The number of ether oxygens (including phenoxy) is 1. The normalized spacial score (nSPS) is 13.5. The lowest BCUT2D eigenvalue weighted by atomic mass is 10.2. The van der Waals surface area contributed by atoms with Crippen LogP contribution in [0.25, 0.3) is 0 Å². The maximum atomic E-state index is 11.4. The van der Waals surface area contributed by atoms with Crippen molar-refractivity contribution in [1.82, 2.24) is 0 Å². The number of hydrogen-bond donors (Lipinski definition) is 4. The second-order valence-corrected chi connectivity index (χ2v) is 3.45. The largest absolute Gasteiger partial charge is 0.497 e. The summed E-state index contributed by atoms with van der Waals surface area (Å²) in [5, 5.41) is 28.9. The molecule has 4 N–H and O–H groups in total. The first-order chi connectivity index (χ1) is 8.45. The maximum Gasteiger partial charge on any atom is 0.335 e. The molecule has 0 spiro atoms. The predicted molar refractivity (Wildman–Crippen MR) is 61.3 cm³/mol. The van der Waals surface area contributed by atoms with Crippen molar-refractivity contribution in [2.75, 3.05) is 12.4 Å². The van der Waals surface area contributed by atoms with Crippen molar-refractivity contribution in [3.8, 4) is 5.75 Å². The van der Waals surface area contributed by atoms with E-state index in [9.17, 15) is 14.7 Å². The lowest BCUT2D eigenvalue weighted by molar-refractivity contribution is -0.156. The van der Waals surface area contributed by atoms with Crippen LogP contribution in [0.5, 0.6) is 5.75 Å². The van der Waals surface area contributed by atoms with E-state index in [4.69, 9.17) is 14.9 Å². The van der Waals surface area contributed by atoms with Gasteiger partial charge in [-0.05, 0) is 24.3 Å². The molecule has 2 atom stereocenters. The van der Waals surface area contributed by atoms with Crippen LogP contribution in [-0.2, 0) is 9.59 Å². The number of rotatable bonds is 5. The zero-order valence-electron chi connectivity index (χ0n) is 9.53. The van der Waals surface area contributed by atoms with Gasteiger partial charge in [-0.3, -0.25) is 4.79 Å². The molecule has 0 unspecified atom stereocenters. The number of nitrogens with one attached hydrogen (secondary N) is 1. The minimum atomic E-state index is -2.16. The van der Waals surface area contributed by atoms with E-state index in [2.05, 4.69) is 5.32 Å². The maximum absolute atomic E-state index is 11.4. The van der Waals surface area contributed by atoms with Gasteiger partial charge in [0.1, 0.15) is 5.75 Å². The van der Waals surface area contributed by atoms with Crippen LogP contribution in [0.3, 0.4) is 0 Å². The summed E-state index contributed by atoms with van der Waals surface area (Å²) in [6.07, 6.45) is -4.20. The minimum absolute atomic E-state index is 0.345. The highest BCUT2D eigenvalue weighted by molar-refractivity contribution is 5.97. The lowest BCUT2D eigenvalue weighted by Crippen LogP contribution is -2.42.